The van der Waals surface area contributed by atoms with Gasteiger partial charge in [0, 0.05) is 11.0 Å². The smallest absolute Gasteiger partial charge is 0.320 e. The van der Waals surface area contributed by atoms with Crippen LogP contribution in [0.25, 0.3) is 0 Å². The average Bonchev–Trinajstić information content (AvgIpc) is 3.07. The number of Topliss-reactive ketones (excluding diaryl/α,β-unsaturated/α-hetero) is 1. The number of hydrogen-bond acceptors (Lipinski definition) is 3. The van der Waals surface area contributed by atoms with E-state index in [4.69, 9.17) is 4.74 Å². The Hall–Kier alpha value is -1.64. The third kappa shape index (κ3) is 2.47. The first kappa shape index (κ1) is 20.0. The van der Waals surface area contributed by atoms with E-state index in [-0.39, 0.29) is 40.5 Å². The fourth-order valence-corrected chi connectivity index (χ4v) is 9.09. The molecule has 1 aromatic rings. The summed E-state index contributed by atoms with van der Waals surface area (Å²) in [6.45, 7) is 7.03. The van der Waals surface area contributed by atoms with Crippen molar-refractivity contribution in [2.45, 2.75) is 78.2 Å². The predicted molar refractivity (Wildman–Crippen MR) is 119 cm³/mol. The molecule has 6 aliphatic carbocycles. The van der Waals surface area contributed by atoms with Crippen LogP contribution in [0.5, 0.6) is 0 Å². The summed E-state index contributed by atoms with van der Waals surface area (Å²) in [6, 6.07) is 9.56. The van der Waals surface area contributed by atoms with E-state index in [0.29, 0.717) is 23.3 Å². The Morgan fingerprint density at radius 1 is 0.839 bits per heavy atom. The summed E-state index contributed by atoms with van der Waals surface area (Å²) in [5, 5.41) is 0. The van der Waals surface area contributed by atoms with Crippen LogP contribution in [0.15, 0.2) is 30.3 Å². The van der Waals surface area contributed by atoms with Gasteiger partial charge in [0.15, 0.2) is 5.78 Å². The zero-order valence-electron chi connectivity index (χ0n) is 19.2. The van der Waals surface area contributed by atoms with Crippen LogP contribution in [0.2, 0.25) is 0 Å². The first-order chi connectivity index (χ1) is 14.8. The molecule has 0 aliphatic heterocycles. The molecule has 3 atom stereocenters. The van der Waals surface area contributed by atoms with E-state index in [9.17, 15) is 9.59 Å². The molecule has 0 spiro atoms. The second-order valence-electron chi connectivity index (χ2n) is 12.4. The maximum absolute atomic E-state index is 14.2. The SMILES string of the molecule is CC1(C)[C@H]2CC[C@]1(C)[C@H](OC(=O)C1(C(=O)c3ccccc3)C3CC4CC(C3)CC1C4)C2. The zero-order valence-corrected chi connectivity index (χ0v) is 19.2. The molecule has 0 unspecified atom stereocenters. The Balaban J connectivity index is 1.38. The van der Waals surface area contributed by atoms with Crippen LogP contribution in [-0.2, 0) is 9.53 Å². The standard InChI is InChI=1S/C28H36O3/c1-26(2)20-9-10-27(26,3)23(16-20)31-25(30)28(24(29)19-7-5-4-6-8-19)21-12-17-11-18(14-21)15-22(28)13-17/h4-8,17-18,20-23H,9-16H2,1-3H3/t17?,18?,20-,21?,22?,23+,27+,28?/m0/s1. The first-order valence-corrected chi connectivity index (χ1v) is 12.6. The third-order valence-corrected chi connectivity index (χ3v) is 11.1. The van der Waals surface area contributed by atoms with Gasteiger partial charge in [-0.3, -0.25) is 9.59 Å². The molecular weight excluding hydrogens is 384 g/mol. The van der Waals surface area contributed by atoms with Gasteiger partial charge in [0.05, 0.1) is 0 Å². The quantitative estimate of drug-likeness (QED) is 0.337. The Morgan fingerprint density at radius 3 is 1.97 bits per heavy atom. The lowest BCUT2D eigenvalue weighted by molar-refractivity contribution is -0.186. The van der Waals surface area contributed by atoms with E-state index in [1.165, 1.54) is 12.8 Å². The molecule has 0 radical (unpaired) electrons. The van der Waals surface area contributed by atoms with Crippen molar-refractivity contribution in [3.05, 3.63) is 35.9 Å². The number of esters is 1. The van der Waals surface area contributed by atoms with Crippen molar-refractivity contribution in [1.82, 2.24) is 0 Å². The van der Waals surface area contributed by atoms with Crippen molar-refractivity contribution in [3.63, 3.8) is 0 Å². The van der Waals surface area contributed by atoms with Crippen LogP contribution in [-0.4, -0.2) is 17.9 Å². The predicted octanol–water partition coefficient (Wildman–Crippen LogP) is 6.07. The van der Waals surface area contributed by atoms with Crippen molar-refractivity contribution in [1.29, 1.82) is 0 Å². The van der Waals surface area contributed by atoms with Crippen LogP contribution in [0.4, 0.5) is 0 Å². The molecule has 0 heterocycles. The van der Waals surface area contributed by atoms with E-state index in [1.54, 1.807) is 0 Å². The number of carbonyl (C=O) groups is 2. The molecule has 0 aromatic heterocycles. The van der Waals surface area contributed by atoms with E-state index < -0.39 is 5.41 Å². The largest absolute Gasteiger partial charge is 0.461 e. The topological polar surface area (TPSA) is 43.4 Å². The molecule has 0 saturated heterocycles. The second kappa shape index (κ2) is 6.45. The van der Waals surface area contributed by atoms with E-state index in [0.717, 1.165) is 38.5 Å². The van der Waals surface area contributed by atoms with Gasteiger partial charge in [0.2, 0.25) is 0 Å². The highest BCUT2D eigenvalue weighted by molar-refractivity contribution is 6.13. The molecule has 31 heavy (non-hydrogen) atoms. The molecule has 0 amide bonds. The van der Waals surface area contributed by atoms with Gasteiger partial charge in [0.1, 0.15) is 11.5 Å². The molecule has 0 N–H and O–H groups in total. The highest BCUT2D eigenvalue weighted by atomic mass is 16.5. The third-order valence-electron chi connectivity index (χ3n) is 11.1. The molecular formula is C28H36O3. The van der Waals surface area contributed by atoms with Gasteiger partial charge in [-0.1, -0.05) is 51.1 Å². The number of fused-ring (bicyclic) bond motifs is 2. The Bertz CT molecular complexity index is 887. The molecule has 6 saturated carbocycles. The van der Waals surface area contributed by atoms with Crippen LogP contribution >= 0.6 is 0 Å². The lowest BCUT2D eigenvalue weighted by Gasteiger charge is -2.59. The van der Waals surface area contributed by atoms with Crippen molar-refractivity contribution in [2.75, 3.05) is 0 Å². The zero-order chi connectivity index (χ0) is 21.6. The van der Waals surface area contributed by atoms with Gasteiger partial charge < -0.3 is 4.74 Å². The number of ether oxygens (including phenoxy) is 1. The minimum Gasteiger partial charge on any atom is -0.461 e. The van der Waals surface area contributed by atoms with Crippen LogP contribution in [0.3, 0.4) is 0 Å². The Labute approximate surface area is 186 Å². The summed E-state index contributed by atoms with van der Waals surface area (Å²) in [7, 11) is 0. The summed E-state index contributed by atoms with van der Waals surface area (Å²) in [5.41, 5.74) is -0.0576. The van der Waals surface area contributed by atoms with Gasteiger partial charge in [-0.15, -0.1) is 0 Å². The number of carbonyl (C=O) groups excluding carboxylic acids is 2. The van der Waals surface area contributed by atoms with Crippen molar-refractivity contribution in [3.8, 4) is 0 Å². The molecule has 3 nitrogen and oxygen atoms in total. The summed E-state index contributed by atoms with van der Waals surface area (Å²) in [6.07, 6.45) is 8.67. The van der Waals surface area contributed by atoms with Crippen molar-refractivity contribution < 1.29 is 14.3 Å². The van der Waals surface area contributed by atoms with Crippen LogP contribution in [0, 0.1) is 45.8 Å². The maximum Gasteiger partial charge on any atom is 0.320 e. The number of ketones is 1. The summed E-state index contributed by atoms with van der Waals surface area (Å²) < 4.78 is 6.50. The molecule has 3 heteroatoms. The number of hydrogen-bond donors (Lipinski definition) is 0. The van der Waals surface area contributed by atoms with Gasteiger partial charge in [-0.25, -0.2) is 0 Å². The van der Waals surface area contributed by atoms with Gasteiger partial charge in [-0.2, -0.15) is 0 Å². The molecule has 6 bridgehead atoms. The lowest BCUT2D eigenvalue weighted by Crippen LogP contribution is -2.61. The molecule has 6 aliphatic rings. The second-order valence-corrected chi connectivity index (χ2v) is 12.4. The van der Waals surface area contributed by atoms with E-state index >= 15 is 0 Å². The maximum atomic E-state index is 14.2. The van der Waals surface area contributed by atoms with Gasteiger partial charge >= 0.3 is 5.97 Å². The Kier molecular flexibility index (Phi) is 4.16. The first-order valence-electron chi connectivity index (χ1n) is 12.6. The van der Waals surface area contributed by atoms with Crippen LogP contribution in [0.1, 0.15) is 82.5 Å². The van der Waals surface area contributed by atoms with Gasteiger partial charge in [-0.05, 0) is 86.4 Å². The van der Waals surface area contributed by atoms with Gasteiger partial charge in [0.25, 0.3) is 0 Å². The molecule has 1 aromatic carbocycles. The van der Waals surface area contributed by atoms with E-state index in [1.807, 2.05) is 30.3 Å². The van der Waals surface area contributed by atoms with Crippen LogP contribution < -0.4 is 0 Å². The lowest BCUT2D eigenvalue weighted by atomic mass is 9.44. The van der Waals surface area contributed by atoms with E-state index in [2.05, 4.69) is 20.8 Å². The normalized spacial score (nSPS) is 46.3. The fraction of sp³-hybridized carbons (Fsp3) is 0.714. The van der Waals surface area contributed by atoms with Crippen molar-refractivity contribution in [2.24, 2.45) is 45.8 Å². The Morgan fingerprint density at radius 2 is 1.45 bits per heavy atom. The minimum absolute atomic E-state index is 0.0240. The number of rotatable bonds is 4. The summed E-state index contributed by atoms with van der Waals surface area (Å²) in [4.78, 5) is 28.4. The minimum atomic E-state index is -0.961. The monoisotopic (exact) mass is 420 g/mol. The molecule has 6 fully saturated rings. The highest BCUT2D eigenvalue weighted by Crippen LogP contribution is 2.68. The fourth-order valence-electron chi connectivity index (χ4n) is 9.09. The van der Waals surface area contributed by atoms with Crippen molar-refractivity contribution >= 4 is 11.8 Å². The summed E-state index contributed by atoms with van der Waals surface area (Å²) >= 11 is 0. The molecule has 7 rings (SSSR count). The molecule has 166 valence electrons. The summed E-state index contributed by atoms with van der Waals surface area (Å²) in [5.74, 6) is 2.20. The number of benzene rings is 1. The highest BCUT2D eigenvalue weighted by Gasteiger charge is 2.68. The average molecular weight is 421 g/mol.